The highest BCUT2D eigenvalue weighted by molar-refractivity contribution is 7.15. The zero-order valence-electron chi connectivity index (χ0n) is 20.5. The molecule has 9 heteroatoms. The number of benzene rings is 2. The summed E-state index contributed by atoms with van der Waals surface area (Å²) < 4.78 is 10.9. The molecular formula is C27H30ClN3O4S. The van der Waals surface area contributed by atoms with Crippen LogP contribution >= 0.6 is 22.9 Å². The van der Waals surface area contributed by atoms with Gasteiger partial charge >= 0.3 is 0 Å². The second kappa shape index (κ2) is 9.67. The molecule has 2 atom stereocenters. The minimum Gasteiger partial charge on any atom is -0.454 e. The normalized spacial score (nSPS) is 17.5. The maximum absolute atomic E-state index is 13.4. The summed E-state index contributed by atoms with van der Waals surface area (Å²) in [6.45, 7) is 6.41. The van der Waals surface area contributed by atoms with Crippen molar-refractivity contribution in [3.8, 4) is 11.5 Å². The van der Waals surface area contributed by atoms with Gasteiger partial charge in [-0.1, -0.05) is 68.0 Å². The lowest BCUT2D eigenvalue weighted by molar-refractivity contribution is -0.118. The van der Waals surface area contributed by atoms with Gasteiger partial charge in [-0.3, -0.25) is 10.1 Å². The molecule has 2 aromatic carbocycles. The van der Waals surface area contributed by atoms with Crippen molar-refractivity contribution in [2.45, 2.75) is 51.1 Å². The van der Waals surface area contributed by atoms with Crippen LogP contribution in [0.1, 0.15) is 55.7 Å². The van der Waals surface area contributed by atoms with Crippen LogP contribution in [0.25, 0.3) is 0 Å². The standard InChI is InChI=1S/C27H30ClN3O4S/c1-26(2,3)22(14-32)30-23(17-6-4-5-7-18(17)28)21-13-29-25(36-21)31-24(33)27(10-11-27)16-8-9-19-20(12-16)35-15-34-19/h4-9,12-13,22-23,30,32H,10-11,14-15H2,1-3H3,(H,29,31,33)/t22-,23?/m1/s1. The summed E-state index contributed by atoms with van der Waals surface area (Å²) in [6, 6.07) is 12.9. The number of halogens is 1. The number of nitrogens with zero attached hydrogens (tertiary/aromatic N) is 1. The zero-order chi connectivity index (χ0) is 25.5. The summed E-state index contributed by atoms with van der Waals surface area (Å²) in [5.41, 5.74) is 1.05. The number of hydrogen-bond acceptors (Lipinski definition) is 7. The molecule has 1 fully saturated rings. The fourth-order valence-electron chi connectivity index (χ4n) is 4.47. The maximum Gasteiger partial charge on any atom is 0.236 e. The molecule has 1 unspecified atom stereocenters. The summed E-state index contributed by atoms with van der Waals surface area (Å²) in [6.07, 6.45) is 3.30. The van der Waals surface area contributed by atoms with Crippen LogP contribution < -0.4 is 20.1 Å². The van der Waals surface area contributed by atoms with Crippen molar-refractivity contribution in [2.24, 2.45) is 5.41 Å². The van der Waals surface area contributed by atoms with E-state index in [1.165, 1.54) is 11.3 Å². The van der Waals surface area contributed by atoms with Gasteiger partial charge in [0.25, 0.3) is 0 Å². The minimum absolute atomic E-state index is 0.0229. The molecule has 1 aromatic heterocycles. The Bertz CT molecular complexity index is 1270. The number of aliphatic hydroxyl groups excluding tert-OH is 1. The van der Waals surface area contributed by atoms with Crippen LogP contribution in [-0.4, -0.2) is 35.4 Å². The molecule has 1 aliphatic heterocycles. The number of anilines is 1. The second-order valence-corrected chi connectivity index (χ2v) is 11.9. The van der Waals surface area contributed by atoms with Crippen LogP contribution in [-0.2, 0) is 10.2 Å². The third kappa shape index (κ3) is 4.83. The highest BCUT2D eigenvalue weighted by Gasteiger charge is 2.52. The molecule has 5 rings (SSSR count). The lowest BCUT2D eigenvalue weighted by Crippen LogP contribution is -2.45. The van der Waals surface area contributed by atoms with Gasteiger partial charge in [-0.25, -0.2) is 4.98 Å². The van der Waals surface area contributed by atoms with Gasteiger partial charge in [0.05, 0.1) is 18.1 Å². The zero-order valence-corrected chi connectivity index (χ0v) is 22.1. The third-order valence-electron chi connectivity index (χ3n) is 6.95. The van der Waals surface area contributed by atoms with Crippen LogP contribution in [0.15, 0.2) is 48.7 Å². The predicted molar refractivity (Wildman–Crippen MR) is 141 cm³/mol. The minimum atomic E-state index is -0.582. The van der Waals surface area contributed by atoms with Crippen molar-refractivity contribution < 1.29 is 19.4 Å². The SMILES string of the molecule is CC(C)(C)[C@@H](CO)NC(c1cnc(NC(=O)C2(c3ccc4c(c3)OCO4)CC2)s1)c1ccccc1Cl. The van der Waals surface area contributed by atoms with Crippen molar-refractivity contribution in [1.82, 2.24) is 10.3 Å². The molecule has 1 saturated carbocycles. The van der Waals surface area contributed by atoms with Gasteiger partial charge in [-0.05, 0) is 47.6 Å². The van der Waals surface area contributed by atoms with Crippen LogP contribution in [0.5, 0.6) is 11.5 Å². The Hall–Kier alpha value is -2.65. The van der Waals surface area contributed by atoms with Gasteiger partial charge in [0.1, 0.15) is 0 Å². The monoisotopic (exact) mass is 527 g/mol. The smallest absolute Gasteiger partial charge is 0.236 e. The van der Waals surface area contributed by atoms with E-state index in [0.29, 0.717) is 21.7 Å². The van der Waals surface area contributed by atoms with Gasteiger partial charge in [-0.15, -0.1) is 0 Å². The molecule has 0 saturated heterocycles. The lowest BCUT2D eigenvalue weighted by atomic mass is 9.86. The highest BCUT2D eigenvalue weighted by Crippen LogP contribution is 2.51. The number of amides is 1. The average molecular weight is 528 g/mol. The van der Waals surface area contributed by atoms with Gasteiger partial charge in [0, 0.05) is 22.1 Å². The summed E-state index contributed by atoms with van der Waals surface area (Å²) in [5, 5.41) is 17.8. The molecule has 0 bridgehead atoms. The maximum atomic E-state index is 13.4. The van der Waals surface area contributed by atoms with Crippen molar-refractivity contribution in [3.05, 3.63) is 69.7 Å². The number of nitrogens with one attached hydrogen (secondary N) is 2. The number of thiazole rings is 1. The number of aliphatic hydroxyl groups is 1. The van der Waals surface area contributed by atoms with Gasteiger partial charge in [0.15, 0.2) is 16.6 Å². The van der Waals surface area contributed by atoms with Gasteiger partial charge in [-0.2, -0.15) is 0 Å². The number of carbonyl (C=O) groups is 1. The van der Waals surface area contributed by atoms with E-state index in [0.717, 1.165) is 28.8 Å². The van der Waals surface area contributed by atoms with Crippen molar-refractivity contribution in [2.75, 3.05) is 18.7 Å². The Balaban J connectivity index is 1.38. The Morgan fingerprint density at radius 2 is 1.94 bits per heavy atom. The summed E-state index contributed by atoms with van der Waals surface area (Å²) in [7, 11) is 0. The first-order chi connectivity index (χ1) is 17.2. The van der Waals surface area contributed by atoms with E-state index in [1.54, 1.807) is 6.20 Å². The second-order valence-electron chi connectivity index (χ2n) is 10.4. The summed E-state index contributed by atoms with van der Waals surface area (Å²) in [5.74, 6) is 1.30. The molecule has 2 heterocycles. The van der Waals surface area contributed by atoms with E-state index >= 15 is 0 Å². The van der Waals surface area contributed by atoms with E-state index in [2.05, 4.69) is 36.4 Å². The average Bonchev–Trinajstić information content (AvgIpc) is 3.30. The molecule has 1 amide bonds. The number of hydrogen-bond donors (Lipinski definition) is 3. The first kappa shape index (κ1) is 25.0. The van der Waals surface area contributed by atoms with Crippen LogP contribution in [0, 0.1) is 5.41 Å². The van der Waals surface area contributed by atoms with Gasteiger partial charge in [0.2, 0.25) is 12.7 Å². The predicted octanol–water partition coefficient (Wildman–Crippen LogP) is 5.28. The first-order valence-corrected chi connectivity index (χ1v) is 13.2. The first-order valence-electron chi connectivity index (χ1n) is 12.0. The largest absolute Gasteiger partial charge is 0.454 e. The van der Waals surface area contributed by atoms with Crippen molar-refractivity contribution >= 4 is 34.0 Å². The number of fused-ring (bicyclic) bond motifs is 1. The quantitative estimate of drug-likeness (QED) is 0.369. The Labute approximate surface area is 219 Å². The molecule has 0 radical (unpaired) electrons. The summed E-state index contributed by atoms with van der Waals surface area (Å²) in [4.78, 5) is 18.8. The number of carbonyl (C=O) groups excluding carboxylic acids is 1. The highest BCUT2D eigenvalue weighted by atomic mass is 35.5. The molecule has 7 nitrogen and oxygen atoms in total. The number of aromatic nitrogens is 1. The number of ether oxygens (including phenoxy) is 2. The summed E-state index contributed by atoms with van der Waals surface area (Å²) >= 11 is 7.97. The lowest BCUT2D eigenvalue weighted by Gasteiger charge is -2.33. The molecule has 1 aliphatic carbocycles. The molecule has 3 aromatic rings. The molecule has 2 aliphatic rings. The molecule has 190 valence electrons. The topological polar surface area (TPSA) is 92.7 Å². The fraction of sp³-hybridized carbons (Fsp3) is 0.407. The van der Waals surface area contributed by atoms with E-state index in [1.807, 2.05) is 42.5 Å². The van der Waals surface area contributed by atoms with Crippen LogP contribution in [0.4, 0.5) is 5.13 Å². The van der Waals surface area contributed by atoms with Crippen molar-refractivity contribution in [3.63, 3.8) is 0 Å². The Kier molecular flexibility index (Phi) is 6.72. The van der Waals surface area contributed by atoms with Crippen molar-refractivity contribution in [1.29, 1.82) is 0 Å². The van der Waals surface area contributed by atoms with Crippen LogP contribution in [0.3, 0.4) is 0 Å². The Morgan fingerprint density at radius 1 is 1.19 bits per heavy atom. The molecule has 0 spiro atoms. The fourth-order valence-corrected chi connectivity index (χ4v) is 5.61. The van der Waals surface area contributed by atoms with E-state index < -0.39 is 5.41 Å². The van der Waals surface area contributed by atoms with E-state index in [-0.39, 0.29) is 36.8 Å². The van der Waals surface area contributed by atoms with E-state index in [4.69, 9.17) is 21.1 Å². The molecular weight excluding hydrogens is 498 g/mol. The van der Waals surface area contributed by atoms with Crippen LogP contribution in [0.2, 0.25) is 5.02 Å². The van der Waals surface area contributed by atoms with Gasteiger partial charge < -0.3 is 19.9 Å². The number of rotatable bonds is 8. The molecule has 3 N–H and O–H groups in total. The third-order valence-corrected chi connectivity index (χ3v) is 8.27. The molecule has 36 heavy (non-hydrogen) atoms. The Morgan fingerprint density at radius 3 is 2.64 bits per heavy atom. The van der Waals surface area contributed by atoms with E-state index in [9.17, 15) is 9.90 Å².